The molecule has 0 aliphatic carbocycles. The summed E-state index contributed by atoms with van der Waals surface area (Å²) in [6.45, 7) is 5.92. The van der Waals surface area contributed by atoms with Crippen LogP contribution in [-0.2, 0) is 11.3 Å². The molecule has 4 rings (SSSR count). The minimum absolute atomic E-state index is 0. The van der Waals surface area contributed by atoms with Crippen LogP contribution in [0.1, 0.15) is 24.6 Å². The molecule has 0 amide bonds. The number of hydrogen-bond acceptors (Lipinski definition) is 8. The van der Waals surface area contributed by atoms with Gasteiger partial charge in [-0.1, -0.05) is 13.0 Å². The maximum atomic E-state index is 8.81. The molecule has 3 heterocycles. The van der Waals surface area contributed by atoms with Gasteiger partial charge in [-0.2, -0.15) is 10.4 Å². The molecule has 2 N–H and O–H groups in total. The van der Waals surface area contributed by atoms with E-state index < -0.39 is 0 Å². The quantitative estimate of drug-likeness (QED) is 0.530. The summed E-state index contributed by atoms with van der Waals surface area (Å²) in [5.74, 6) is 1.84. The highest BCUT2D eigenvalue weighted by atomic mass is 35.5. The highest BCUT2D eigenvalue weighted by molar-refractivity contribution is 5.85. The number of benzene rings is 1. The van der Waals surface area contributed by atoms with Crippen LogP contribution < -0.4 is 10.1 Å². The fourth-order valence-electron chi connectivity index (χ4n) is 3.59. The molecule has 1 aromatic carbocycles. The molecule has 0 spiro atoms. The van der Waals surface area contributed by atoms with Gasteiger partial charge in [0, 0.05) is 24.7 Å². The van der Waals surface area contributed by atoms with Crippen molar-refractivity contribution in [3.05, 3.63) is 47.9 Å². The molecular formula is C22H26ClN7O2. The molecule has 2 aromatic heterocycles. The Kier molecular flexibility index (Phi) is 8.00. The third-order valence-corrected chi connectivity index (χ3v) is 5.32. The van der Waals surface area contributed by atoms with Gasteiger partial charge in [-0.25, -0.2) is 9.97 Å². The Morgan fingerprint density at radius 2 is 2.12 bits per heavy atom. The monoisotopic (exact) mass is 455 g/mol. The lowest BCUT2D eigenvalue weighted by atomic mass is 10.1. The summed E-state index contributed by atoms with van der Waals surface area (Å²) in [7, 11) is 1.65. The molecular weight excluding hydrogens is 430 g/mol. The van der Waals surface area contributed by atoms with Gasteiger partial charge in [-0.05, 0) is 30.7 Å². The van der Waals surface area contributed by atoms with Crippen LogP contribution in [0, 0.1) is 11.3 Å². The number of aromatic nitrogens is 4. The fourth-order valence-corrected chi connectivity index (χ4v) is 3.59. The molecule has 1 atom stereocenters. The Morgan fingerprint density at radius 1 is 1.25 bits per heavy atom. The van der Waals surface area contributed by atoms with E-state index in [0.29, 0.717) is 18.2 Å². The molecule has 1 fully saturated rings. The van der Waals surface area contributed by atoms with E-state index in [9.17, 15) is 0 Å². The summed E-state index contributed by atoms with van der Waals surface area (Å²) in [6, 6.07) is 9.86. The van der Waals surface area contributed by atoms with Crippen molar-refractivity contribution in [1.82, 2.24) is 25.1 Å². The van der Waals surface area contributed by atoms with Crippen LogP contribution in [0.3, 0.4) is 0 Å². The number of rotatable bonds is 8. The second kappa shape index (κ2) is 10.9. The van der Waals surface area contributed by atoms with E-state index >= 15 is 0 Å². The Hall–Kier alpha value is -3.19. The molecule has 0 unspecified atom stereocenters. The minimum Gasteiger partial charge on any atom is -0.496 e. The van der Waals surface area contributed by atoms with Crippen LogP contribution in [0.25, 0.3) is 11.3 Å². The Labute approximate surface area is 193 Å². The number of ether oxygens (including phenoxy) is 2. The molecule has 1 aliphatic rings. The van der Waals surface area contributed by atoms with Crippen LogP contribution in [0.2, 0.25) is 0 Å². The van der Waals surface area contributed by atoms with Gasteiger partial charge in [0.1, 0.15) is 17.6 Å². The topological polar surface area (TPSA) is 112 Å². The van der Waals surface area contributed by atoms with E-state index in [1.807, 2.05) is 30.3 Å². The van der Waals surface area contributed by atoms with Crippen LogP contribution in [0.15, 0.2) is 36.7 Å². The molecule has 3 aromatic rings. The van der Waals surface area contributed by atoms with Crippen LogP contribution in [0.4, 0.5) is 11.6 Å². The van der Waals surface area contributed by atoms with Crippen molar-refractivity contribution >= 4 is 24.0 Å². The normalized spacial score (nSPS) is 15.7. The zero-order chi connectivity index (χ0) is 21.6. The number of anilines is 2. The number of likely N-dealkylation sites (N-methyl/N-ethyl adjacent to an activating group) is 1. The summed E-state index contributed by atoms with van der Waals surface area (Å²) < 4.78 is 11.7. The fraction of sp³-hybridized carbons (Fsp3) is 0.364. The average molecular weight is 456 g/mol. The van der Waals surface area contributed by atoms with Gasteiger partial charge in [0.2, 0.25) is 0 Å². The van der Waals surface area contributed by atoms with Gasteiger partial charge in [-0.3, -0.25) is 5.10 Å². The minimum atomic E-state index is 0. The molecule has 1 saturated heterocycles. The van der Waals surface area contributed by atoms with E-state index in [0.717, 1.165) is 48.6 Å². The molecule has 0 saturated carbocycles. The lowest BCUT2D eigenvalue weighted by Crippen LogP contribution is -2.22. The number of hydrogen-bond donors (Lipinski definition) is 2. The Bertz CT molecular complexity index is 1060. The maximum Gasteiger partial charge on any atom is 0.158 e. The number of likely N-dealkylation sites (tertiary alicyclic amines) is 1. The predicted octanol–water partition coefficient (Wildman–Crippen LogP) is 3.52. The number of nitrogens with zero attached hydrogens (tertiary/aromatic N) is 5. The largest absolute Gasteiger partial charge is 0.496 e. The van der Waals surface area contributed by atoms with E-state index in [4.69, 9.17) is 14.7 Å². The van der Waals surface area contributed by atoms with E-state index in [-0.39, 0.29) is 24.2 Å². The SMILES string of the molecule is CCN1CC[C@H](OCc2ccc(-c3cc(Nc4cnc(C#N)cn4)n[nH]3)c(OC)c2)C1.Cl. The third kappa shape index (κ3) is 5.53. The van der Waals surface area contributed by atoms with Gasteiger partial charge in [-0.15, -0.1) is 12.4 Å². The first kappa shape index (κ1) is 23.5. The standard InChI is InChI=1S/C22H25N7O2.ClH/c1-3-29-7-6-17(13-29)31-14-15-4-5-18(20(8-15)30-2)19-9-21(28-27-19)26-22-12-24-16(10-23)11-25-22;/h4-5,8-9,11-12,17H,3,6-7,13-14H2,1-2H3,(H2,25,26,27,28);1H/t17-;/m0./s1. The number of halogens is 1. The van der Waals surface area contributed by atoms with Gasteiger partial charge < -0.3 is 19.7 Å². The molecule has 0 bridgehead atoms. The number of methoxy groups -OCH3 is 1. The van der Waals surface area contributed by atoms with Crippen molar-refractivity contribution in [3.8, 4) is 23.1 Å². The third-order valence-electron chi connectivity index (χ3n) is 5.32. The summed E-state index contributed by atoms with van der Waals surface area (Å²) in [5, 5.41) is 19.2. The summed E-state index contributed by atoms with van der Waals surface area (Å²) in [4.78, 5) is 10.5. The van der Waals surface area contributed by atoms with Crippen LogP contribution >= 0.6 is 12.4 Å². The second-order valence-corrected chi connectivity index (χ2v) is 7.34. The van der Waals surface area contributed by atoms with Gasteiger partial charge in [0.25, 0.3) is 0 Å². The van der Waals surface area contributed by atoms with E-state index in [1.54, 1.807) is 7.11 Å². The van der Waals surface area contributed by atoms with Crippen LogP contribution in [-0.4, -0.2) is 57.9 Å². The molecule has 0 radical (unpaired) electrons. The van der Waals surface area contributed by atoms with Gasteiger partial charge >= 0.3 is 0 Å². The number of aromatic amines is 1. The van der Waals surface area contributed by atoms with E-state index in [1.165, 1.54) is 12.4 Å². The van der Waals surface area contributed by atoms with Crippen molar-refractivity contribution in [3.63, 3.8) is 0 Å². The summed E-state index contributed by atoms with van der Waals surface area (Å²) in [6.07, 6.45) is 4.27. The van der Waals surface area contributed by atoms with Gasteiger partial charge in [0.05, 0.1) is 37.9 Å². The Balaban J connectivity index is 0.00000289. The molecule has 9 nitrogen and oxygen atoms in total. The van der Waals surface area contributed by atoms with Crippen LogP contribution in [0.5, 0.6) is 5.75 Å². The molecule has 168 valence electrons. The van der Waals surface area contributed by atoms with Gasteiger partial charge in [0.15, 0.2) is 11.5 Å². The smallest absolute Gasteiger partial charge is 0.158 e. The zero-order valence-electron chi connectivity index (χ0n) is 18.0. The summed E-state index contributed by atoms with van der Waals surface area (Å²) >= 11 is 0. The number of nitrogens with one attached hydrogen (secondary N) is 2. The maximum absolute atomic E-state index is 8.81. The zero-order valence-corrected chi connectivity index (χ0v) is 18.9. The van der Waals surface area contributed by atoms with Crippen molar-refractivity contribution in [1.29, 1.82) is 5.26 Å². The average Bonchev–Trinajstić information content (AvgIpc) is 3.47. The first-order chi connectivity index (χ1) is 15.2. The first-order valence-corrected chi connectivity index (χ1v) is 10.2. The van der Waals surface area contributed by atoms with Crippen molar-refractivity contribution in [2.24, 2.45) is 0 Å². The number of nitriles is 1. The number of H-pyrrole nitrogens is 1. The molecule has 32 heavy (non-hydrogen) atoms. The second-order valence-electron chi connectivity index (χ2n) is 7.34. The highest BCUT2D eigenvalue weighted by Crippen LogP contribution is 2.31. The molecule has 1 aliphatic heterocycles. The first-order valence-electron chi connectivity index (χ1n) is 10.2. The van der Waals surface area contributed by atoms with Crippen molar-refractivity contribution in [2.75, 3.05) is 32.1 Å². The lowest BCUT2D eigenvalue weighted by molar-refractivity contribution is 0.0470. The summed E-state index contributed by atoms with van der Waals surface area (Å²) in [5.41, 5.74) is 3.04. The van der Waals surface area contributed by atoms with Crippen molar-refractivity contribution < 1.29 is 9.47 Å². The lowest BCUT2D eigenvalue weighted by Gasteiger charge is -2.15. The predicted molar refractivity (Wildman–Crippen MR) is 123 cm³/mol. The Morgan fingerprint density at radius 3 is 2.81 bits per heavy atom. The molecule has 10 heteroatoms. The van der Waals surface area contributed by atoms with E-state index in [2.05, 4.69) is 37.3 Å². The highest BCUT2D eigenvalue weighted by Gasteiger charge is 2.21. The van der Waals surface area contributed by atoms with Crippen molar-refractivity contribution in [2.45, 2.75) is 26.1 Å².